The van der Waals surface area contributed by atoms with Crippen LogP contribution in [0.5, 0.6) is 0 Å². The number of nitrogens with two attached hydrogens (primary N) is 1. The molecule has 0 unspecified atom stereocenters. The lowest BCUT2D eigenvalue weighted by molar-refractivity contribution is -0.114. The number of hydrogen-bond donors (Lipinski definition) is 4. The minimum atomic E-state index is -1.05. The van der Waals surface area contributed by atoms with Gasteiger partial charge in [0, 0.05) is 37.0 Å². The molecule has 4 rings (SSSR count). The van der Waals surface area contributed by atoms with Crippen molar-refractivity contribution in [1.82, 2.24) is 0 Å². The van der Waals surface area contributed by atoms with Gasteiger partial charge < -0.3 is 21.1 Å². The number of aromatic carboxylic acids is 1. The molecular formula is C25H24N4O3. The number of hydrogen-bond acceptors (Lipinski definition) is 4. The van der Waals surface area contributed by atoms with E-state index in [1.54, 1.807) is 12.1 Å². The van der Waals surface area contributed by atoms with E-state index in [0.29, 0.717) is 17.8 Å². The van der Waals surface area contributed by atoms with Gasteiger partial charge in [0.2, 0.25) is 5.91 Å². The maximum absolute atomic E-state index is 12.0. The van der Waals surface area contributed by atoms with Crippen LogP contribution in [-0.4, -0.2) is 29.4 Å². The summed E-state index contributed by atoms with van der Waals surface area (Å²) in [7, 11) is 0. The number of fused-ring (bicyclic) bond motifs is 1. The number of benzene rings is 3. The molecule has 7 nitrogen and oxygen atoms in total. The van der Waals surface area contributed by atoms with Crippen LogP contribution in [0.3, 0.4) is 0 Å². The topological polar surface area (TPSA) is 120 Å². The third-order valence-electron chi connectivity index (χ3n) is 5.62. The van der Waals surface area contributed by atoms with Crippen molar-refractivity contribution in [2.75, 3.05) is 16.8 Å². The Hall–Kier alpha value is -4.13. The Morgan fingerprint density at radius 3 is 2.59 bits per heavy atom. The fourth-order valence-corrected chi connectivity index (χ4v) is 4.17. The van der Waals surface area contributed by atoms with Crippen LogP contribution in [0.15, 0.2) is 60.7 Å². The summed E-state index contributed by atoms with van der Waals surface area (Å²) in [5.41, 5.74) is 11.6. The monoisotopic (exact) mass is 428 g/mol. The number of carbonyl (C=O) groups is 2. The van der Waals surface area contributed by atoms with Gasteiger partial charge >= 0.3 is 5.97 Å². The molecule has 5 N–H and O–H groups in total. The van der Waals surface area contributed by atoms with E-state index in [4.69, 9.17) is 11.1 Å². The number of nitrogen functional groups attached to an aromatic ring is 1. The number of carboxylic acids is 1. The molecule has 1 amide bonds. The zero-order chi connectivity index (χ0) is 22.8. The Labute approximate surface area is 186 Å². The minimum Gasteiger partial charge on any atom is -0.478 e. The summed E-state index contributed by atoms with van der Waals surface area (Å²) >= 11 is 0. The summed E-state index contributed by atoms with van der Waals surface area (Å²) in [4.78, 5) is 25.6. The van der Waals surface area contributed by atoms with E-state index < -0.39 is 5.97 Å². The van der Waals surface area contributed by atoms with Crippen LogP contribution >= 0.6 is 0 Å². The van der Waals surface area contributed by atoms with Crippen molar-refractivity contribution in [3.63, 3.8) is 0 Å². The predicted molar refractivity (Wildman–Crippen MR) is 125 cm³/mol. The standard InChI is InChI=1S/C25H24N4O3/c1-15(30)28-19-7-8-21(22(13-19)25(31)32)20-5-3-2-4-18(20)14-29-11-10-16-12-17(24(26)27)6-9-23(16)29/h2-9,12-13H,10-11,14H2,1H3,(H3,26,27)(H,28,30)(H,31,32). The van der Waals surface area contributed by atoms with E-state index in [2.05, 4.69) is 10.2 Å². The highest BCUT2D eigenvalue weighted by atomic mass is 16.4. The first-order valence-corrected chi connectivity index (χ1v) is 10.3. The number of amides is 1. The van der Waals surface area contributed by atoms with Gasteiger partial charge in [0.05, 0.1) is 5.56 Å². The van der Waals surface area contributed by atoms with Crippen molar-refractivity contribution in [3.8, 4) is 11.1 Å². The highest BCUT2D eigenvalue weighted by molar-refractivity contribution is 5.99. The average Bonchev–Trinajstić information content (AvgIpc) is 3.16. The van der Waals surface area contributed by atoms with Crippen LogP contribution in [0.2, 0.25) is 0 Å². The molecule has 0 atom stereocenters. The smallest absolute Gasteiger partial charge is 0.336 e. The normalized spacial score (nSPS) is 12.3. The van der Waals surface area contributed by atoms with Crippen molar-refractivity contribution < 1.29 is 14.7 Å². The molecule has 0 aliphatic carbocycles. The number of rotatable bonds is 6. The van der Waals surface area contributed by atoms with Gasteiger partial charge in [-0.25, -0.2) is 4.79 Å². The van der Waals surface area contributed by atoms with E-state index in [0.717, 1.165) is 40.9 Å². The maximum Gasteiger partial charge on any atom is 0.336 e. The molecule has 3 aromatic rings. The van der Waals surface area contributed by atoms with Crippen LogP contribution in [0.1, 0.15) is 34.0 Å². The number of anilines is 2. The van der Waals surface area contributed by atoms with Crippen molar-refractivity contribution in [1.29, 1.82) is 5.41 Å². The Morgan fingerprint density at radius 2 is 1.88 bits per heavy atom. The Kier molecular flexibility index (Phi) is 5.64. The van der Waals surface area contributed by atoms with Crippen molar-refractivity contribution in [3.05, 3.63) is 82.9 Å². The molecule has 7 heteroatoms. The quantitative estimate of drug-likeness (QED) is 0.351. The fraction of sp³-hybridized carbons (Fsp3) is 0.160. The van der Waals surface area contributed by atoms with Gasteiger partial charge in [0.15, 0.2) is 0 Å². The summed E-state index contributed by atoms with van der Waals surface area (Å²) in [5.74, 6) is -1.25. The van der Waals surface area contributed by atoms with Crippen molar-refractivity contribution in [2.24, 2.45) is 5.73 Å². The van der Waals surface area contributed by atoms with Crippen LogP contribution in [0, 0.1) is 5.41 Å². The Bertz CT molecular complexity index is 1240. The molecule has 1 aliphatic heterocycles. The molecule has 162 valence electrons. The zero-order valence-electron chi connectivity index (χ0n) is 17.7. The van der Waals surface area contributed by atoms with Crippen LogP contribution in [-0.2, 0) is 17.8 Å². The first-order valence-electron chi connectivity index (χ1n) is 10.3. The molecule has 0 aromatic heterocycles. The first-order chi connectivity index (χ1) is 15.3. The number of carboxylic acid groups (broad SMARTS) is 1. The number of nitrogens with one attached hydrogen (secondary N) is 2. The van der Waals surface area contributed by atoms with Gasteiger partial charge in [-0.05, 0) is 59.0 Å². The average molecular weight is 428 g/mol. The lowest BCUT2D eigenvalue weighted by Crippen LogP contribution is -2.20. The molecule has 1 heterocycles. The third kappa shape index (κ3) is 4.18. The second kappa shape index (κ2) is 8.55. The number of carbonyl (C=O) groups excluding carboxylic acids is 1. The molecule has 1 aliphatic rings. The highest BCUT2D eigenvalue weighted by Crippen LogP contribution is 2.34. The largest absolute Gasteiger partial charge is 0.478 e. The van der Waals surface area contributed by atoms with Gasteiger partial charge in [0.1, 0.15) is 5.84 Å². The van der Waals surface area contributed by atoms with E-state index in [9.17, 15) is 14.7 Å². The summed E-state index contributed by atoms with van der Waals surface area (Å²) < 4.78 is 0. The SMILES string of the molecule is CC(=O)Nc1ccc(-c2ccccc2CN2CCc3cc(C(=N)N)ccc32)c(C(=O)O)c1. The summed E-state index contributed by atoms with van der Waals surface area (Å²) in [6.07, 6.45) is 0.865. The molecule has 0 fully saturated rings. The fourth-order valence-electron chi connectivity index (χ4n) is 4.17. The van der Waals surface area contributed by atoms with E-state index in [1.165, 1.54) is 13.0 Å². The molecular weight excluding hydrogens is 404 g/mol. The van der Waals surface area contributed by atoms with Crippen molar-refractivity contribution in [2.45, 2.75) is 19.9 Å². The lowest BCUT2D eigenvalue weighted by Gasteiger charge is -2.22. The van der Waals surface area contributed by atoms with E-state index in [-0.39, 0.29) is 17.3 Å². The van der Waals surface area contributed by atoms with Gasteiger partial charge in [0.25, 0.3) is 0 Å². The van der Waals surface area contributed by atoms with E-state index >= 15 is 0 Å². The van der Waals surface area contributed by atoms with Crippen LogP contribution in [0.4, 0.5) is 11.4 Å². The van der Waals surface area contributed by atoms with Crippen LogP contribution in [0.25, 0.3) is 11.1 Å². The first kappa shape index (κ1) is 21.1. The molecule has 0 saturated heterocycles. The highest BCUT2D eigenvalue weighted by Gasteiger charge is 2.22. The number of nitrogens with zero attached hydrogens (tertiary/aromatic N) is 1. The maximum atomic E-state index is 12.0. The lowest BCUT2D eigenvalue weighted by atomic mass is 9.94. The van der Waals surface area contributed by atoms with Gasteiger partial charge in [-0.15, -0.1) is 0 Å². The minimum absolute atomic E-state index is 0.0560. The predicted octanol–water partition coefficient (Wildman–Crippen LogP) is 3.86. The summed E-state index contributed by atoms with van der Waals surface area (Å²) in [6.45, 7) is 2.84. The molecule has 0 radical (unpaired) electrons. The van der Waals surface area contributed by atoms with E-state index in [1.807, 2.05) is 42.5 Å². The molecule has 0 saturated carbocycles. The Balaban J connectivity index is 1.69. The van der Waals surface area contributed by atoms with Crippen molar-refractivity contribution >= 4 is 29.1 Å². The molecule has 0 bridgehead atoms. The second-order valence-corrected chi connectivity index (χ2v) is 7.83. The van der Waals surface area contributed by atoms with Gasteiger partial charge in [-0.2, -0.15) is 0 Å². The second-order valence-electron chi connectivity index (χ2n) is 7.83. The summed E-state index contributed by atoms with van der Waals surface area (Å²) in [6, 6.07) is 18.5. The van der Waals surface area contributed by atoms with Gasteiger partial charge in [-0.3, -0.25) is 10.2 Å². The van der Waals surface area contributed by atoms with Crippen LogP contribution < -0.4 is 16.0 Å². The third-order valence-corrected chi connectivity index (χ3v) is 5.62. The molecule has 32 heavy (non-hydrogen) atoms. The molecule has 0 spiro atoms. The number of amidine groups is 1. The summed E-state index contributed by atoms with van der Waals surface area (Å²) in [5, 5.41) is 20.1. The zero-order valence-corrected chi connectivity index (χ0v) is 17.7. The molecule has 3 aromatic carbocycles. The van der Waals surface area contributed by atoms with Gasteiger partial charge in [-0.1, -0.05) is 30.3 Å². The Morgan fingerprint density at radius 1 is 1.09 bits per heavy atom.